The Bertz CT molecular complexity index is 659. The van der Waals surface area contributed by atoms with Crippen molar-refractivity contribution in [1.82, 2.24) is 14.5 Å². The Morgan fingerprint density at radius 3 is 3.16 bits per heavy atom. The van der Waals surface area contributed by atoms with E-state index in [1.54, 1.807) is 12.3 Å². The van der Waals surface area contributed by atoms with Gasteiger partial charge in [-0.25, -0.2) is 4.98 Å². The average Bonchev–Trinajstić information content (AvgIpc) is 3.02. The van der Waals surface area contributed by atoms with Crippen molar-refractivity contribution in [2.45, 2.75) is 13.0 Å². The molecule has 3 N–H and O–H groups in total. The number of nitrogens with zero attached hydrogens (tertiary/aromatic N) is 3. The molecule has 1 aromatic carbocycles. The molecule has 0 spiro atoms. The molecule has 3 rings (SSSR count). The van der Waals surface area contributed by atoms with Crippen LogP contribution in [0.25, 0.3) is 11.1 Å². The zero-order valence-electron chi connectivity index (χ0n) is 10.4. The van der Waals surface area contributed by atoms with E-state index in [0.717, 1.165) is 25.0 Å². The van der Waals surface area contributed by atoms with Crippen LogP contribution in [0.4, 0.5) is 11.7 Å². The van der Waals surface area contributed by atoms with Gasteiger partial charge in [-0.2, -0.15) is 4.98 Å². The van der Waals surface area contributed by atoms with Crippen molar-refractivity contribution in [3.05, 3.63) is 36.9 Å². The second-order valence-corrected chi connectivity index (χ2v) is 4.33. The Morgan fingerprint density at radius 2 is 2.32 bits per heavy atom. The van der Waals surface area contributed by atoms with Crippen LogP contribution in [0, 0.1) is 0 Å². The van der Waals surface area contributed by atoms with E-state index >= 15 is 0 Å². The number of nitrogens with one attached hydrogen (secondary N) is 1. The first kappa shape index (κ1) is 11.6. The number of benzene rings is 1. The molecule has 19 heavy (non-hydrogen) atoms. The molecule has 2 heterocycles. The van der Waals surface area contributed by atoms with E-state index in [4.69, 9.17) is 10.2 Å². The Balaban J connectivity index is 1.56. The summed E-state index contributed by atoms with van der Waals surface area (Å²) < 4.78 is 7.60. The minimum atomic E-state index is 0.534. The van der Waals surface area contributed by atoms with Crippen LogP contribution in [0.15, 0.2) is 41.3 Å². The van der Waals surface area contributed by atoms with E-state index in [1.807, 2.05) is 29.2 Å². The summed E-state index contributed by atoms with van der Waals surface area (Å²) in [5, 5.41) is 3.16. The summed E-state index contributed by atoms with van der Waals surface area (Å²) in [6.07, 6.45) is 6.50. The predicted molar refractivity (Wildman–Crippen MR) is 73.8 cm³/mol. The topological polar surface area (TPSA) is 81.9 Å². The maximum Gasteiger partial charge on any atom is 0.295 e. The van der Waals surface area contributed by atoms with Gasteiger partial charge in [0.2, 0.25) is 0 Å². The van der Waals surface area contributed by atoms with Crippen molar-refractivity contribution < 1.29 is 4.42 Å². The lowest BCUT2D eigenvalue weighted by Gasteiger charge is -2.02. The van der Waals surface area contributed by atoms with Crippen molar-refractivity contribution >= 4 is 22.8 Å². The molecular weight excluding hydrogens is 242 g/mol. The number of aryl methyl sites for hydroxylation is 1. The fraction of sp³-hybridized carbons (Fsp3) is 0.231. The maximum atomic E-state index is 5.69. The molecular formula is C13H15N5O. The van der Waals surface area contributed by atoms with Gasteiger partial charge in [0.25, 0.3) is 6.01 Å². The van der Waals surface area contributed by atoms with E-state index in [1.165, 1.54) is 0 Å². The Morgan fingerprint density at radius 1 is 1.37 bits per heavy atom. The number of fused-ring (bicyclic) bond motifs is 1. The van der Waals surface area contributed by atoms with Crippen molar-refractivity contribution in [2.75, 3.05) is 17.6 Å². The molecule has 0 fully saturated rings. The molecule has 2 aromatic heterocycles. The van der Waals surface area contributed by atoms with Crippen molar-refractivity contribution in [3.8, 4) is 0 Å². The first-order valence-corrected chi connectivity index (χ1v) is 6.17. The molecule has 0 aliphatic carbocycles. The van der Waals surface area contributed by atoms with Gasteiger partial charge in [0.05, 0.1) is 6.33 Å². The standard InChI is InChI=1S/C13H15N5O/c14-10-2-3-11-12(8-10)19-13(17-11)16-4-1-6-18-7-5-15-9-18/h2-3,5,7-9H,1,4,6,14H2,(H,16,17). The molecule has 0 aliphatic rings. The minimum Gasteiger partial charge on any atom is -0.423 e. The molecule has 0 aliphatic heterocycles. The van der Waals surface area contributed by atoms with E-state index in [2.05, 4.69) is 15.3 Å². The zero-order valence-corrected chi connectivity index (χ0v) is 10.4. The minimum absolute atomic E-state index is 0.534. The Hall–Kier alpha value is -2.50. The van der Waals surface area contributed by atoms with Crippen LogP contribution in [-0.4, -0.2) is 21.1 Å². The van der Waals surface area contributed by atoms with Gasteiger partial charge in [0.1, 0.15) is 5.52 Å². The zero-order chi connectivity index (χ0) is 13.1. The van der Waals surface area contributed by atoms with Gasteiger partial charge >= 0.3 is 0 Å². The van der Waals surface area contributed by atoms with Crippen molar-refractivity contribution in [3.63, 3.8) is 0 Å². The number of nitrogens with two attached hydrogens (primary N) is 1. The molecule has 6 heteroatoms. The number of imidazole rings is 1. The summed E-state index contributed by atoms with van der Waals surface area (Å²) in [6.45, 7) is 1.71. The molecule has 0 saturated heterocycles. The van der Waals surface area contributed by atoms with Crippen LogP contribution >= 0.6 is 0 Å². The highest BCUT2D eigenvalue weighted by Crippen LogP contribution is 2.20. The van der Waals surface area contributed by atoms with E-state index < -0.39 is 0 Å². The summed E-state index contributed by atoms with van der Waals surface area (Å²) in [5.74, 6) is 0. The van der Waals surface area contributed by atoms with Crippen LogP contribution in [0.3, 0.4) is 0 Å². The van der Waals surface area contributed by atoms with Crippen LogP contribution in [0.2, 0.25) is 0 Å². The molecule has 0 atom stereocenters. The quantitative estimate of drug-likeness (QED) is 0.540. The summed E-state index contributed by atoms with van der Waals surface area (Å²) in [6, 6.07) is 5.98. The first-order chi connectivity index (χ1) is 9.31. The fourth-order valence-corrected chi connectivity index (χ4v) is 1.89. The average molecular weight is 257 g/mol. The van der Waals surface area contributed by atoms with Crippen LogP contribution in [-0.2, 0) is 6.54 Å². The predicted octanol–water partition coefficient (Wildman–Crippen LogP) is 2.11. The summed E-state index contributed by atoms with van der Waals surface area (Å²) >= 11 is 0. The maximum absolute atomic E-state index is 5.69. The lowest BCUT2D eigenvalue weighted by Crippen LogP contribution is -2.05. The monoisotopic (exact) mass is 257 g/mol. The third kappa shape index (κ3) is 2.67. The smallest absolute Gasteiger partial charge is 0.295 e. The molecule has 6 nitrogen and oxygen atoms in total. The highest BCUT2D eigenvalue weighted by Gasteiger charge is 2.04. The SMILES string of the molecule is Nc1ccc2nc(NCCCn3ccnc3)oc2c1. The van der Waals surface area contributed by atoms with Crippen molar-refractivity contribution in [1.29, 1.82) is 0 Å². The second kappa shape index (κ2) is 5.01. The van der Waals surface area contributed by atoms with Crippen molar-refractivity contribution in [2.24, 2.45) is 0 Å². The van der Waals surface area contributed by atoms with Crippen LogP contribution < -0.4 is 11.1 Å². The van der Waals surface area contributed by atoms with Gasteiger partial charge < -0.3 is 20.0 Å². The summed E-state index contributed by atoms with van der Waals surface area (Å²) in [7, 11) is 0. The number of nitrogen functional groups attached to an aromatic ring is 1. The third-order valence-electron chi connectivity index (χ3n) is 2.84. The lowest BCUT2D eigenvalue weighted by atomic mass is 10.3. The van der Waals surface area contributed by atoms with Gasteiger partial charge in [-0.05, 0) is 18.6 Å². The van der Waals surface area contributed by atoms with E-state index in [0.29, 0.717) is 17.3 Å². The second-order valence-electron chi connectivity index (χ2n) is 4.33. The Labute approximate surface area is 110 Å². The van der Waals surface area contributed by atoms with Gasteiger partial charge in [0, 0.05) is 37.2 Å². The van der Waals surface area contributed by atoms with Crippen LogP contribution in [0.1, 0.15) is 6.42 Å². The van der Waals surface area contributed by atoms with E-state index in [9.17, 15) is 0 Å². The lowest BCUT2D eigenvalue weighted by molar-refractivity contribution is 0.601. The summed E-state index contributed by atoms with van der Waals surface area (Å²) in [4.78, 5) is 8.33. The number of hydrogen-bond donors (Lipinski definition) is 2. The Kier molecular flexibility index (Phi) is 3.06. The van der Waals surface area contributed by atoms with Crippen LogP contribution in [0.5, 0.6) is 0 Å². The van der Waals surface area contributed by atoms with Gasteiger partial charge in [0.15, 0.2) is 5.58 Å². The molecule has 0 amide bonds. The fourth-order valence-electron chi connectivity index (χ4n) is 1.89. The molecule has 0 unspecified atom stereocenters. The number of anilines is 2. The number of rotatable bonds is 5. The highest BCUT2D eigenvalue weighted by atomic mass is 16.4. The van der Waals surface area contributed by atoms with Gasteiger partial charge in [-0.15, -0.1) is 0 Å². The number of oxazole rings is 1. The summed E-state index contributed by atoms with van der Waals surface area (Å²) in [5.41, 5.74) is 7.89. The molecule has 98 valence electrons. The van der Waals surface area contributed by atoms with Gasteiger partial charge in [-0.3, -0.25) is 0 Å². The molecule has 0 bridgehead atoms. The normalized spacial score (nSPS) is 10.9. The molecule has 3 aromatic rings. The highest BCUT2D eigenvalue weighted by molar-refractivity contribution is 5.77. The first-order valence-electron chi connectivity index (χ1n) is 6.17. The largest absolute Gasteiger partial charge is 0.423 e. The van der Waals surface area contributed by atoms with Gasteiger partial charge in [-0.1, -0.05) is 0 Å². The number of hydrogen-bond acceptors (Lipinski definition) is 5. The molecule has 0 saturated carbocycles. The number of aromatic nitrogens is 3. The third-order valence-corrected chi connectivity index (χ3v) is 2.84. The van der Waals surface area contributed by atoms with E-state index in [-0.39, 0.29) is 0 Å². The molecule has 0 radical (unpaired) electrons.